The maximum atomic E-state index is 14.8. The van der Waals surface area contributed by atoms with Gasteiger partial charge in [-0.2, -0.15) is 0 Å². The quantitative estimate of drug-likeness (QED) is 0.235. The van der Waals surface area contributed by atoms with Crippen molar-refractivity contribution in [3.8, 4) is 5.75 Å². The number of amides is 2. The first-order chi connectivity index (χ1) is 20.8. The van der Waals surface area contributed by atoms with Crippen molar-refractivity contribution in [2.45, 2.75) is 23.4 Å². The van der Waals surface area contributed by atoms with Crippen LogP contribution in [0.1, 0.15) is 27.4 Å². The Bertz CT molecular complexity index is 1730. The summed E-state index contributed by atoms with van der Waals surface area (Å²) in [6, 6.07) is 30.6. The van der Waals surface area contributed by atoms with Gasteiger partial charge < -0.3 is 15.0 Å². The number of para-hydroxylation sites is 1. The molecule has 216 valence electrons. The molecular weight excluding hydrogens is 562 g/mol. The zero-order valence-corrected chi connectivity index (χ0v) is 24.5. The van der Waals surface area contributed by atoms with Gasteiger partial charge in [-0.15, -0.1) is 0 Å². The highest BCUT2D eigenvalue weighted by Gasteiger charge is 2.68. The highest BCUT2D eigenvalue weighted by molar-refractivity contribution is 6.30. The monoisotopic (exact) mass is 591 g/mol. The van der Waals surface area contributed by atoms with Gasteiger partial charge in [-0.1, -0.05) is 60.1 Å². The maximum Gasteiger partial charge on any atom is 0.237 e. The summed E-state index contributed by atoms with van der Waals surface area (Å²) in [6.45, 7) is 0.327. The van der Waals surface area contributed by atoms with Crippen LogP contribution in [0.2, 0.25) is 5.02 Å². The topological polar surface area (TPSA) is 79.0 Å². The van der Waals surface area contributed by atoms with Crippen LogP contribution in [0.5, 0.6) is 5.75 Å². The number of benzene rings is 4. The summed E-state index contributed by atoms with van der Waals surface area (Å²) in [5, 5.41) is 3.59. The second kappa shape index (κ2) is 10.4. The van der Waals surface area contributed by atoms with E-state index in [2.05, 4.69) is 10.2 Å². The number of hydrogen-bond donors (Lipinski definition) is 1. The molecule has 3 aliphatic rings. The third-order valence-electron chi connectivity index (χ3n) is 9.35. The lowest BCUT2D eigenvalue weighted by molar-refractivity contribution is -0.127. The molecule has 8 heteroatoms. The molecule has 0 radical (unpaired) electrons. The van der Waals surface area contributed by atoms with Crippen molar-refractivity contribution < 1.29 is 19.1 Å². The number of hydrogen-bond acceptors (Lipinski definition) is 5. The van der Waals surface area contributed by atoms with Gasteiger partial charge in [0.05, 0.1) is 25.0 Å². The average Bonchev–Trinajstić information content (AvgIpc) is 3.48. The maximum absolute atomic E-state index is 14.8. The highest BCUT2D eigenvalue weighted by Crippen LogP contribution is 2.55. The summed E-state index contributed by atoms with van der Waals surface area (Å²) in [7, 11) is 3.55. The van der Waals surface area contributed by atoms with Crippen molar-refractivity contribution in [2.24, 2.45) is 5.92 Å². The number of ether oxygens (including phenoxy) is 1. The van der Waals surface area contributed by atoms with Crippen LogP contribution < -0.4 is 15.0 Å². The standard InChI is InChI=1S/C35H30ClN3O4/c1-38-20-35(26-10-6-7-11-27(26)37-34(35)42)29(32(40)22-12-14-23(36)15-13-22)31(38)30-28(21-8-4-3-5-9-21)33(41)39(30)24-16-18-25(43-2)19-17-24/h3-19,28-31H,20H2,1-2H3,(H,37,42)/t28-,29-,30-,31-,35-/m0/s1. The molecule has 2 saturated heterocycles. The van der Waals surface area contributed by atoms with E-state index in [9.17, 15) is 14.4 Å². The van der Waals surface area contributed by atoms with Crippen LogP contribution in [-0.2, 0) is 15.0 Å². The van der Waals surface area contributed by atoms with Crippen molar-refractivity contribution in [3.63, 3.8) is 0 Å². The molecule has 0 bridgehead atoms. The minimum atomic E-state index is -1.14. The zero-order valence-electron chi connectivity index (χ0n) is 23.7. The fraction of sp³-hybridized carbons (Fsp3) is 0.229. The summed E-state index contributed by atoms with van der Waals surface area (Å²) < 4.78 is 5.37. The molecule has 2 fully saturated rings. The van der Waals surface area contributed by atoms with E-state index >= 15 is 0 Å². The predicted molar refractivity (Wildman–Crippen MR) is 166 cm³/mol. The van der Waals surface area contributed by atoms with Crippen molar-refractivity contribution in [1.82, 2.24) is 4.90 Å². The minimum absolute atomic E-state index is 0.0512. The molecule has 7 nitrogen and oxygen atoms in total. The lowest BCUT2D eigenvalue weighted by Gasteiger charge is -2.52. The van der Waals surface area contributed by atoms with Crippen LogP contribution in [0.3, 0.4) is 0 Å². The number of carbonyl (C=O) groups excluding carboxylic acids is 3. The number of ketones is 1. The lowest BCUT2D eigenvalue weighted by Crippen LogP contribution is -2.68. The van der Waals surface area contributed by atoms with Gasteiger partial charge in [0, 0.05) is 34.5 Å². The van der Waals surface area contributed by atoms with Crippen LogP contribution in [0.4, 0.5) is 11.4 Å². The van der Waals surface area contributed by atoms with Crippen LogP contribution in [-0.4, -0.2) is 55.3 Å². The number of rotatable bonds is 6. The molecule has 43 heavy (non-hydrogen) atoms. The Morgan fingerprint density at radius 2 is 1.56 bits per heavy atom. The number of methoxy groups -OCH3 is 1. The smallest absolute Gasteiger partial charge is 0.237 e. The number of Topliss-reactive ketones (excluding diaryl/α,β-unsaturated/α-hetero) is 1. The lowest BCUT2D eigenvalue weighted by atomic mass is 9.64. The molecule has 3 heterocycles. The molecule has 1 spiro atoms. The molecule has 2 amide bonds. The number of fused-ring (bicyclic) bond motifs is 2. The van der Waals surface area contributed by atoms with Gasteiger partial charge in [0.2, 0.25) is 11.8 Å². The van der Waals surface area contributed by atoms with Crippen molar-refractivity contribution in [3.05, 3.63) is 125 Å². The summed E-state index contributed by atoms with van der Waals surface area (Å²) in [5.74, 6) is -1.00. The Morgan fingerprint density at radius 3 is 2.26 bits per heavy atom. The van der Waals surface area contributed by atoms with E-state index in [1.165, 1.54) is 0 Å². The number of halogens is 1. The molecule has 7 rings (SSSR count). The minimum Gasteiger partial charge on any atom is -0.497 e. The van der Waals surface area contributed by atoms with E-state index in [0.717, 1.165) is 11.1 Å². The molecule has 1 N–H and O–H groups in total. The fourth-order valence-corrected chi connectivity index (χ4v) is 7.60. The van der Waals surface area contributed by atoms with Gasteiger partial charge in [-0.05, 0) is 72.8 Å². The molecule has 0 aromatic heterocycles. The second-order valence-corrected chi connectivity index (χ2v) is 11.9. The van der Waals surface area contributed by atoms with E-state index < -0.39 is 29.3 Å². The first-order valence-electron chi connectivity index (χ1n) is 14.3. The van der Waals surface area contributed by atoms with Gasteiger partial charge in [-0.3, -0.25) is 19.3 Å². The average molecular weight is 592 g/mol. The van der Waals surface area contributed by atoms with E-state index in [1.807, 2.05) is 85.9 Å². The normalized spacial score (nSPS) is 26.3. The van der Waals surface area contributed by atoms with Gasteiger partial charge in [0.25, 0.3) is 0 Å². The molecular formula is C35H30ClN3O4. The predicted octanol–water partition coefficient (Wildman–Crippen LogP) is 5.55. The Kier molecular flexibility index (Phi) is 6.60. The van der Waals surface area contributed by atoms with Gasteiger partial charge in [0.1, 0.15) is 11.2 Å². The van der Waals surface area contributed by atoms with Gasteiger partial charge in [-0.25, -0.2) is 0 Å². The Morgan fingerprint density at radius 1 is 0.884 bits per heavy atom. The first kappa shape index (κ1) is 27.4. The van der Waals surface area contributed by atoms with Crippen LogP contribution >= 0.6 is 11.6 Å². The molecule has 4 aromatic rings. The fourth-order valence-electron chi connectivity index (χ4n) is 7.48. The van der Waals surface area contributed by atoms with Gasteiger partial charge in [0.15, 0.2) is 5.78 Å². The molecule has 4 aromatic carbocycles. The third-order valence-corrected chi connectivity index (χ3v) is 9.61. The first-order valence-corrected chi connectivity index (χ1v) is 14.7. The summed E-state index contributed by atoms with van der Waals surface area (Å²) >= 11 is 6.20. The number of likely N-dealkylation sites (tertiary alicyclic amines) is 1. The molecule has 5 atom stereocenters. The van der Waals surface area contributed by atoms with E-state index in [1.54, 1.807) is 36.3 Å². The number of β-lactam (4-membered cyclic amide) rings is 1. The third kappa shape index (κ3) is 4.10. The second-order valence-electron chi connectivity index (χ2n) is 11.5. The summed E-state index contributed by atoms with van der Waals surface area (Å²) in [6.07, 6.45) is 0. The van der Waals surface area contributed by atoms with E-state index in [-0.39, 0.29) is 17.6 Å². The van der Waals surface area contributed by atoms with E-state index in [0.29, 0.717) is 34.3 Å². The number of nitrogens with one attached hydrogen (secondary N) is 1. The molecule has 3 aliphatic heterocycles. The summed E-state index contributed by atoms with van der Waals surface area (Å²) in [5.41, 5.74) is 2.45. The van der Waals surface area contributed by atoms with Crippen LogP contribution in [0.15, 0.2) is 103 Å². The molecule has 0 aliphatic carbocycles. The highest BCUT2D eigenvalue weighted by atomic mass is 35.5. The number of nitrogens with zero attached hydrogens (tertiary/aromatic N) is 2. The zero-order chi connectivity index (χ0) is 29.9. The molecule has 0 unspecified atom stereocenters. The number of carbonyl (C=O) groups is 3. The Balaban J connectivity index is 1.42. The van der Waals surface area contributed by atoms with E-state index in [4.69, 9.17) is 16.3 Å². The molecule has 0 saturated carbocycles. The van der Waals surface area contributed by atoms with Crippen molar-refractivity contribution in [1.29, 1.82) is 0 Å². The van der Waals surface area contributed by atoms with Crippen LogP contribution in [0, 0.1) is 5.92 Å². The number of anilines is 2. The van der Waals surface area contributed by atoms with Crippen molar-refractivity contribution in [2.75, 3.05) is 30.9 Å². The van der Waals surface area contributed by atoms with Crippen molar-refractivity contribution >= 4 is 40.6 Å². The SMILES string of the molecule is COc1ccc(N2C(=O)[C@@H](c3ccccc3)[C@H]2[C@@H]2[C@@H](C(=O)c3ccc(Cl)cc3)[C@@]3(CN2C)C(=O)Nc2ccccc23)cc1. The Labute approximate surface area is 255 Å². The van der Waals surface area contributed by atoms with Crippen LogP contribution in [0.25, 0.3) is 0 Å². The summed E-state index contributed by atoms with van der Waals surface area (Å²) in [4.78, 5) is 46.8. The largest absolute Gasteiger partial charge is 0.497 e. The van der Waals surface area contributed by atoms with Gasteiger partial charge >= 0.3 is 0 Å². The number of likely N-dealkylation sites (N-methyl/N-ethyl adjacent to an activating group) is 1. The Hall–Kier alpha value is -4.46.